The molecule has 39 heavy (non-hydrogen) atoms. The van der Waals surface area contributed by atoms with Crippen LogP contribution in [0, 0.1) is 11.2 Å². The summed E-state index contributed by atoms with van der Waals surface area (Å²) in [5.41, 5.74) is 5.97. The largest absolute Gasteiger partial charge is 0.487 e. The normalized spacial score (nSPS) is 17.9. The number of hydrogen-bond acceptors (Lipinski definition) is 6. The molecule has 1 aliphatic heterocycles. The van der Waals surface area contributed by atoms with Gasteiger partial charge in [0.25, 0.3) is 0 Å². The second kappa shape index (κ2) is 10.0. The lowest BCUT2D eigenvalue weighted by molar-refractivity contribution is -0.118. The minimum absolute atomic E-state index is 0.107. The van der Waals surface area contributed by atoms with Crippen LogP contribution in [0.5, 0.6) is 5.75 Å². The summed E-state index contributed by atoms with van der Waals surface area (Å²) in [7, 11) is 0. The smallest absolute Gasteiger partial charge is 0.163 e. The van der Waals surface area contributed by atoms with Gasteiger partial charge in [-0.3, -0.25) is 4.79 Å². The van der Waals surface area contributed by atoms with Crippen LogP contribution >= 0.6 is 0 Å². The van der Waals surface area contributed by atoms with E-state index in [1.165, 1.54) is 12.1 Å². The highest BCUT2D eigenvalue weighted by atomic mass is 19.1. The average Bonchev–Trinajstić information content (AvgIpc) is 3.26. The van der Waals surface area contributed by atoms with Crippen molar-refractivity contribution in [2.24, 2.45) is 5.41 Å². The summed E-state index contributed by atoms with van der Waals surface area (Å²) in [6.07, 6.45) is 3.09. The Kier molecular flexibility index (Phi) is 6.38. The Labute approximate surface area is 226 Å². The molecule has 2 N–H and O–H groups in total. The van der Waals surface area contributed by atoms with Crippen LogP contribution in [0.15, 0.2) is 90.3 Å². The molecular formula is C31H30FN5O2. The molecule has 1 unspecified atom stereocenters. The number of rotatable bonds is 6. The van der Waals surface area contributed by atoms with Gasteiger partial charge in [0.2, 0.25) is 0 Å². The van der Waals surface area contributed by atoms with Crippen molar-refractivity contribution >= 4 is 17.2 Å². The number of para-hydroxylation sites is 2. The van der Waals surface area contributed by atoms with Gasteiger partial charge in [-0.05, 0) is 59.4 Å². The van der Waals surface area contributed by atoms with E-state index in [0.29, 0.717) is 24.4 Å². The SMILES string of the molecule is CC1(C)CC(=O)C2=C(C1)Nc1ccccc1NC2c1cccc(OCc2cn(Cc3cccc(F)c3)nn2)c1. The molecule has 0 bridgehead atoms. The zero-order valence-electron chi connectivity index (χ0n) is 21.9. The summed E-state index contributed by atoms with van der Waals surface area (Å²) in [4.78, 5) is 13.5. The van der Waals surface area contributed by atoms with Gasteiger partial charge in [0.05, 0.1) is 30.2 Å². The number of nitrogens with zero attached hydrogens (tertiary/aromatic N) is 3. The minimum atomic E-state index is -0.310. The van der Waals surface area contributed by atoms with Crippen LogP contribution in [0.1, 0.15) is 49.6 Å². The van der Waals surface area contributed by atoms with Crippen LogP contribution in [0.25, 0.3) is 0 Å². The minimum Gasteiger partial charge on any atom is -0.487 e. The average molecular weight is 524 g/mol. The zero-order valence-corrected chi connectivity index (χ0v) is 21.9. The molecule has 0 amide bonds. The van der Waals surface area contributed by atoms with Crippen LogP contribution in [0.3, 0.4) is 0 Å². The Morgan fingerprint density at radius 2 is 1.85 bits per heavy atom. The number of hydrogen-bond donors (Lipinski definition) is 2. The van der Waals surface area contributed by atoms with E-state index >= 15 is 0 Å². The fourth-order valence-electron chi connectivity index (χ4n) is 5.38. The monoisotopic (exact) mass is 523 g/mol. The van der Waals surface area contributed by atoms with Crippen molar-refractivity contribution in [1.82, 2.24) is 15.0 Å². The molecule has 1 aliphatic carbocycles. The summed E-state index contributed by atoms with van der Waals surface area (Å²) in [5, 5.41) is 15.5. The number of fused-ring (bicyclic) bond motifs is 1. The Morgan fingerprint density at radius 3 is 2.69 bits per heavy atom. The molecule has 1 atom stereocenters. The summed E-state index contributed by atoms with van der Waals surface area (Å²) < 4.78 is 21.2. The number of nitrogens with one attached hydrogen (secondary N) is 2. The first-order valence-corrected chi connectivity index (χ1v) is 13.1. The van der Waals surface area contributed by atoms with Crippen molar-refractivity contribution in [1.29, 1.82) is 0 Å². The van der Waals surface area contributed by atoms with Gasteiger partial charge in [-0.25, -0.2) is 9.07 Å². The molecule has 0 fully saturated rings. The third kappa shape index (κ3) is 5.41. The Hall–Kier alpha value is -4.46. The molecule has 1 aromatic heterocycles. The Balaban J connectivity index is 1.23. The molecule has 198 valence electrons. The van der Waals surface area contributed by atoms with Gasteiger partial charge in [0.15, 0.2) is 5.78 Å². The molecule has 0 radical (unpaired) electrons. The molecular weight excluding hydrogens is 493 g/mol. The van der Waals surface area contributed by atoms with Crippen molar-refractivity contribution < 1.29 is 13.9 Å². The molecule has 2 aliphatic rings. The maximum absolute atomic E-state index is 13.5. The van der Waals surface area contributed by atoms with Crippen LogP contribution in [0.2, 0.25) is 0 Å². The van der Waals surface area contributed by atoms with E-state index in [0.717, 1.165) is 40.2 Å². The third-order valence-corrected chi connectivity index (χ3v) is 7.12. The molecule has 7 nitrogen and oxygen atoms in total. The highest BCUT2D eigenvalue weighted by Gasteiger charge is 2.38. The number of aromatic nitrogens is 3. The van der Waals surface area contributed by atoms with E-state index in [4.69, 9.17) is 4.74 Å². The lowest BCUT2D eigenvalue weighted by atomic mass is 9.73. The van der Waals surface area contributed by atoms with Crippen molar-refractivity contribution in [3.05, 3.63) is 113 Å². The Morgan fingerprint density at radius 1 is 1.03 bits per heavy atom. The van der Waals surface area contributed by atoms with E-state index in [9.17, 15) is 9.18 Å². The number of allylic oxidation sites excluding steroid dienone is 1. The van der Waals surface area contributed by atoms with E-state index in [1.807, 2.05) is 54.6 Å². The number of halogens is 1. The summed E-state index contributed by atoms with van der Waals surface area (Å²) in [5.74, 6) is 0.547. The summed E-state index contributed by atoms with van der Waals surface area (Å²) in [6, 6.07) is 22.0. The van der Waals surface area contributed by atoms with Gasteiger partial charge in [-0.2, -0.15) is 0 Å². The van der Waals surface area contributed by atoms with Crippen molar-refractivity contribution in [2.45, 2.75) is 45.9 Å². The zero-order chi connectivity index (χ0) is 27.0. The van der Waals surface area contributed by atoms with E-state index in [-0.39, 0.29) is 29.7 Å². The van der Waals surface area contributed by atoms with Gasteiger partial charge < -0.3 is 15.4 Å². The highest BCUT2D eigenvalue weighted by Crippen LogP contribution is 2.45. The van der Waals surface area contributed by atoms with Gasteiger partial charge in [-0.15, -0.1) is 5.10 Å². The highest BCUT2D eigenvalue weighted by molar-refractivity contribution is 6.01. The first-order valence-electron chi connectivity index (χ1n) is 13.1. The van der Waals surface area contributed by atoms with E-state index in [2.05, 4.69) is 34.8 Å². The fourth-order valence-corrected chi connectivity index (χ4v) is 5.38. The van der Waals surface area contributed by atoms with E-state index in [1.54, 1.807) is 16.9 Å². The first kappa shape index (κ1) is 24.9. The maximum atomic E-state index is 13.5. The number of carbonyl (C=O) groups is 1. The molecule has 0 saturated heterocycles. The van der Waals surface area contributed by atoms with Gasteiger partial charge in [0, 0.05) is 17.7 Å². The van der Waals surface area contributed by atoms with Crippen LogP contribution in [-0.4, -0.2) is 20.8 Å². The fraction of sp³-hybridized carbons (Fsp3) is 0.258. The van der Waals surface area contributed by atoms with Crippen molar-refractivity contribution in [3.8, 4) is 5.75 Å². The standard InChI is InChI=1S/C31H30FN5O2/c1-31(2)15-27-29(28(38)16-31)30(34-26-12-4-3-11-25(26)33-27)21-8-6-10-24(14-21)39-19-23-18-37(36-35-23)17-20-7-5-9-22(32)13-20/h3-14,18,30,33-34H,15-17,19H2,1-2H3. The van der Waals surface area contributed by atoms with Gasteiger partial charge in [0.1, 0.15) is 23.9 Å². The van der Waals surface area contributed by atoms with Crippen LogP contribution < -0.4 is 15.4 Å². The molecule has 0 saturated carbocycles. The van der Waals surface area contributed by atoms with Gasteiger partial charge in [-0.1, -0.05) is 55.5 Å². The first-order chi connectivity index (χ1) is 18.8. The predicted molar refractivity (Wildman–Crippen MR) is 148 cm³/mol. The second-order valence-corrected chi connectivity index (χ2v) is 11.0. The number of anilines is 2. The van der Waals surface area contributed by atoms with Crippen molar-refractivity contribution in [2.75, 3.05) is 10.6 Å². The molecule has 3 aromatic carbocycles. The third-order valence-electron chi connectivity index (χ3n) is 7.12. The quantitative estimate of drug-likeness (QED) is 0.310. The molecule has 0 spiro atoms. The topological polar surface area (TPSA) is 81.1 Å². The molecule has 6 rings (SSSR count). The number of carbonyl (C=O) groups excluding carboxylic acids is 1. The number of ketones is 1. The maximum Gasteiger partial charge on any atom is 0.163 e. The van der Waals surface area contributed by atoms with Crippen molar-refractivity contribution in [3.63, 3.8) is 0 Å². The lowest BCUT2D eigenvalue weighted by Gasteiger charge is -2.34. The number of benzene rings is 3. The van der Waals surface area contributed by atoms with E-state index < -0.39 is 0 Å². The summed E-state index contributed by atoms with van der Waals surface area (Å²) >= 11 is 0. The lowest BCUT2D eigenvalue weighted by Crippen LogP contribution is -2.31. The predicted octanol–water partition coefficient (Wildman–Crippen LogP) is 6.27. The Bertz CT molecular complexity index is 1570. The van der Waals surface area contributed by atoms with Crippen LogP contribution in [-0.2, 0) is 17.9 Å². The number of Topliss-reactive ketones (excluding diaryl/α,β-unsaturated/α-hetero) is 1. The van der Waals surface area contributed by atoms with Crippen LogP contribution in [0.4, 0.5) is 15.8 Å². The van der Waals surface area contributed by atoms with Gasteiger partial charge >= 0.3 is 0 Å². The summed E-state index contributed by atoms with van der Waals surface area (Å²) in [6.45, 7) is 4.93. The molecule has 8 heteroatoms. The molecule has 2 heterocycles. The molecule has 4 aromatic rings. The second-order valence-electron chi connectivity index (χ2n) is 11.0. The number of ether oxygens (including phenoxy) is 1.